The second kappa shape index (κ2) is 8.24. The number of hydrogen-bond donors (Lipinski definition) is 1. The molecule has 25 heavy (non-hydrogen) atoms. The fraction of sp³-hybridized carbons (Fsp3) is 0.278. The Morgan fingerprint density at radius 2 is 1.76 bits per heavy atom. The van der Waals surface area contributed by atoms with Crippen molar-refractivity contribution in [2.24, 2.45) is 0 Å². The van der Waals surface area contributed by atoms with Gasteiger partial charge in [-0.1, -0.05) is 36.4 Å². The van der Waals surface area contributed by atoms with Gasteiger partial charge >= 0.3 is 16.3 Å². The Morgan fingerprint density at radius 1 is 1.08 bits per heavy atom. The molecular formula is C18H22NO5S+. The van der Waals surface area contributed by atoms with Crippen LogP contribution < -0.4 is 4.57 Å². The molecule has 0 bridgehead atoms. The summed E-state index contributed by atoms with van der Waals surface area (Å²) < 4.78 is 38.6. The summed E-state index contributed by atoms with van der Waals surface area (Å²) in [5.41, 5.74) is 4.58. The number of hydrogen-bond acceptors (Lipinski definition) is 4. The summed E-state index contributed by atoms with van der Waals surface area (Å²) in [6.07, 6.45) is 0. The van der Waals surface area contributed by atoms with E-state index in [9.17, 15) is 8.42 Å². The Balaban J connectivity index is 0.000000277. The summed E-state index contributed by atoms with van der Waals surface area (Å²) in [5, 5.41) is 0. The quantitative estimate of drug-likeness (QED) is 0.566. The van der Waals surface area contributed by atoms with E-state index in [1.54, 1.807) is 0 Å². The van der Waals surface area contributed by atoms with E-state index in [0.29, 0.717) is 0 Å². The Hall–Kier alpha value is -2.22. The van der Waals surface area contributed by atoms with Crippen molar-refractivity contribution < 1.29 is 26.1 Å². The molecule has 2 aromatic carbocycles. The molecule has 0 saturated heterocycles. The maximum atomic E-state index is 9.56. The fourth-order valence-corrected chi connectivity index (χ4v) is 2.85. The minimum atomic E-state index is -4.17. The van der Waals surface area contributed by atoms with Gasteiger partial charge in [-0.15, -0.1) is 0 Å². The molecule has 0 spiro atoms. The molecule has 134 valence electrons. The standard InChI is InChI=1S/C16H16NO.C2H6O4S/c1-3-17-12(2)18-16-10-9-14(11-15(16)17)13-7-5-4-6-8-13;1-2-6-7(3,4)5/h4-11H,3H2,1-2H3;2H2,1H3,(H,3,4,5)/q+1;. The Kier molecular flexibility index (Phi) is 6.30. The summed E-state index contributed by atoms with van der Waals surface area (Å²) in [6.45, 7) is 6.51. The lowest BCUT2D eigenvalue weighted by Crippen LogP contribution is -2.33. The lowest BCUT2D eigenvalue weighted by Gasteiger charge is -1.99. The van der Waals surface area contributed by atoms with Crippen molar-refractivity contribution in [3.8, 4) is 11.1 Å². The lowest BCUT2D eigenvalue weighted by molar-refractivity contribution is -0.679. The molecule has 1 N–H and O–H groups in total. The van der Waals surface area contributed by atoms with Crippen LogP contribution in [0.1, 0.15) is 19.7 Å². The third kappa shape index (κ3) is 5.12. The molecule has 1 heterocycles. The first-order valence-corrected chi connectivity index (χ1v) is 9.32. The molecule has 0 aliphatic rings. The molecule has 0 aliphatic heterocycles. The van der Waals surface area contributed by atoms with Crippen LogP contribution in [0.3, 0.4) is 0 Å². The number of oxazole rings is 1. The average Bonchev–Trinajstić information content (AvgIpc) is 2.89. The molecule has 0 aliphatic carbocycles. The van der Waals surface area contributed by atoms with Crippen LogP contribution in [0.2, 0.25) is 0 Å². The Morgan fingerprint density at radius 3 is 2.28 bits per heavy atom. The van der Waals surface area contributed by atoms with E-state index in [1.165, 1.54) is 18.1 Å². The van der Waals surface area contributed by atoms with E-state index in [0.717, 1.165) is 23.5 Å². The zero-order valence-electron chi connectivity index (χ0n) is 14.5. The van der Waals surface area contributed by atoms with E-state index in [4.69, 9.17) is 8.97 Å². The third-order valence-electron chi connectivity index (χ3n) is 3.58. The zero-order valence-corrected chi connectivity index (χ0v) is 15.3. The van der Waals surface area contributed by atoms with Crippen LogP contribution in [0.15, 0.2) is 52.9 Å². The maximum absolute atomic E-state index is 9.56. The van der Waals surface area contributed by atoms with Crippen molar-refractivity contribution in [1.82, 2.24) is 0 Å². The summed E-state index contributed by atoms with van der Waals surface area (Å²) in [7, 11) is -4.17. The fourth-order valence-electron chi connectivity index (χ4n) is 2.55. The molecule has 0 fully saturated rings. The van der Waals surface area contributed by atoms with Crippen LogP contribution in [0.4, 0.5) is 0 Å². The van der Waals surface area contributed by atoms with Crippen molar-refractivity contribution in [3.05, 3.63) is 54.4 Å². The van der Waals surface area contributed by atoms with E-state index >= 15 is 0 Å². The van der Waals surface area contributed by atoms with Crippen LogP contribution >= 0.6 is 0 Å². The second-order valence-electron chi connectivity index (χ2n) is 5.25. The molecule has 0 amide bonds. The van der Waals surface area contributed by atoms with Gasteiger partial charge in [0.2, 0.25) is 5.58 Å². The van der Waals surface area contributed by atoms with Gasteiger partial charge in [-0.3, -0.25) is 4.55 Å². The average molecular weight is 364 g/mol. The monoisotopic (exact) mass is 364 g/mol. The first-order valence-electron chi connectivity index (χ1n) is 7.96. The zero-order chi connectivity index (χ0) is 18.4. The van der Waals surface area contributed by atoms with Crippen molar-refractivity contribution >= 4 is 21.5 Å². The van der Waals surface area contributed by atoms with Crippen molar-refractivity contribution in [2.75, 3.05) is 6.61 Å². The van der Waals surface area contributed by atoms with Crippen molar-refractivity contribution in [2.45, 2.75) is 27.3 Å². The predicted molar refractivity (Wildman–Crippen MR) is 95.4 cm³/mol. The van der Waals surface area contributed by atoms with Gasteiger partial charge < -0.3 is 4.42 Å². The number of benzene rings is 2. The first-order chi connectivity index (χ1) is 11.9. The molecule has 0 saturated carbocycles. The highest BCUT2D eigenvalue weighted by molar-refractivity contribution is 7.80. The van der Waals surface area contributed by atoms with Crippen LogP contribution in [0.25, 0.3) is 22.2 Å². The number of fused-ring (bicyclic) bond motifs is 1. The van der Waals surface area contributed by atoms with Gasteiger partial charge in [-0.05, 0) is 31.0 Å². The number of nitrogens with zero attached hydrogens (tertiary/aromatic N) is 1. The number of aryl methyl sites for hydroxylation is 2. The second-order valence-corrected chi connectivity index (χ2v) is 6.34. The summed E-state index contributed by atoms with van der Waals surface area (Å²) >= 11 is 0. The van der Waals surface area contributed by atoms with Gasteiger partial charge in [-0.2, -0.15) is 13.0 Å². The maximum Gasteiger partial charge on any atom is 0.397 e. The van der Waals surface area contributed by atoms with Gasteiger partial charge in [-0.25, -0.2) is 4.18 Å². The molecule has 7 heteroatoms. The lowest BCUT2D eigenvalue weighted by atomic mass is 10.1. The summed E-state index contributed by atoms with van der Waals surface area (Å²) in [4.78, 5) is 0. The molecule has 0 radical (unpaired) electrons. The van der Waals surface area contributed by atoms with Gasteiger partial charge in [0.15, 0.2) is 0 Å². The largest absolute Gasteiger partial charge is 0.402 e. The van der Waals surface area contributed by atoms with Gasteiger partial charge in [0.05, 0.1) is 13.5 Å². The SMILES string of the molecule is CCOS(=O)(=O)O.CC[n+]1c(C)oc2ccc(-c3ccccc3)cc21. The van der Waals surface area contributed by atoms with Crippen LogP contribution in [-0.4, -0.2) is 19.6 Å². The summed E-state index contributed by atoms with van der Waals surface area (Å²) in [5.74, 6) is 0.956. The summed E-state index contributed by atoms with van der Waals surface area (Å²) in [6, 6.07) is 16.8. The molecule has 1 aromatic heterocycles. The third-order valence-corrected chi connectivity index (χ3v) is 4.11. The Bertz CT molecular complexity index is 933. The van der Waals surface area contributed by atoms with Crippen LogP contribution in [0, 0.1) is 6.92 Å². The molecule has 0 unspecified atom stereocenters. The Labute approximate surface area is 147 Å². The van der Waals surface area contributed by atoms with E-state index in [2.05, 4.69) is 58.1 Å². The van der Waals surface area contributed by atoms with Gasteiger partial charge in [0.25, 0.3) is 5.52 Å². The van der Waals surface area contributed by atoms with Crippen molar-refractivity contribution in [1.29, 1.82) is 0 Å². The minimum absolute atomic E-state index is 0.0289. The molecule has 3 rings (SSSR count). The topological polar surface area (TPSA) is 80.6 Å². The number of rotatable bonds is 4. The van der Waals surface area contributed by atoms with Crippen LogP contribution in [0.5, 0.6) is 0 Å². The van der Waals surface area contributed by atoms with Crippen LogP contribution in [-0.2, 0) is 21.1 Å². The normalized spacial score (nSPS) is 11.2. The smallest absolute Gasteiger partial charge is 0.397 e. The van der Waals surface area contributed by atoms with E-state index in [-0.39, 0.29) is 6.61 Å². The molecule has 0 atom stereocenters. The highest BCUT2D eigenvalue weighted by atomic mass is 32.3. The molecular weight excluding hydrogens is 342 g/mol. The predicted octanol–water partition coefficient (Wildman–Crippen LogP) is 3.54. The highest BCUT2D eigenvalue weighted by Gasteiger charge is 2.17. The van der Waals surface area contributed by atoms with Gasteiger partial charge in [0, 0.05) is 6.07 Å². The van der Waals surface area contributed by atoms with Crippen molar-refractivity contribution in [3.63, 3.8) is 0 Å². The van der Waals surface area contributed by atoms with Gasteiger partial charge in [0.1, 0.15) is 6.54 Å². The van der Waals surface area contributed by atoms with E-state index < -0.39 is 10.4 Å². The molecule has 6 nitrogen and oxygen atoms in total. The van der Waals surface area contributed by atoms with E-state index in [1.807, 2.05) is 13.0 Å². The first kappa shape index (κ1) is 19.1. The highest BCUT2D eigenvalue weighted by Crippen LogP contribution is 2.23. The number of aromatic nitrogens is 1. The minimum Gasteiger partial charge on any atom is -0.402 e. The molecule has 3 aromatic rings.